The first-order valence-corrected chi connectivity index (χ1v) is 8.18. The Morgan fingerprint density at radius 2 is 1.81 bits per heavy atom. The minimum Gasteiger partial charge on any atom is -0.491 e. The lowest BCUT2D eigenvalue weighted by molar-refractivity contribution is 0.202. The van der Waals surface area contributed by atoms with Gasteiger partial charge in [0.05, 0.1) is 6.61 Å². The van der Waals surface area contributed by atoms with Crippen molar-refractivity contribution in [1.29, 1.82) is 0 Å². The van der Waals surface area contributed by atoms with E-state index in [-0.39, 0.29) is 5.60 Å². The number of ether oxygens (including phenoxy) is 2. The second kappa shape index (κ2) is 8.23. The third kappa shape index (κ3) is 6.34. The van der Waals surface area contributed by atoms with Crippen molar-refractivity contribution >= 4 is 0 Å². The molecule has 0 saturated carbocycles. The maximum Gasteiger partial charge on any atom is 0.123 e. The van der Waals surface area contributed by atoms with Crippen LogP contribution in [0.15, 0.2) is 36.9 Å². The molecule has 116 valence electrons. The highest BCUT2D eigenvalue weighted by atomic mass is 16.6. The van der Waals surface area contributed by atoms with Crippen LogP contribution in [0.5, 0.6) is 5.75 Å². The van der Waals surface area contributed by atoms with Crippen molar-refractivity contribution in [3.8, 4) is 5.75 Å². The van der Waals surface area contributed by atoms with Gasteiger partial charge in [0.2, 0.25) is 0 Å². The fourth-order valence-corrected chi connectivity index (χ4v) is 2.34. The number of allylic oxidation sites excluding steroid dienone is 1. The maximum absolute atomic E-state index is 5.74. The van der Waals surface area contributed by atoms with E-state index in [1.807, 2.05) is 6.08 Å². The standard InChI is InChI=1S/C19H28O2/c1-3-4-5-6-7-8-9-10-17-11-13-18(14-12-17)20-15-19(2)16-21-19/h3,11-14H,1,4-10,15-16H2,2H3. The highest BCUT2D eigenvalue weighted by Crippen LogP contribution is 2.27. The molecule has 0 spiro atoms. The second-order valence-electron chi connectivity index (χ2n) is 6.27. The summed E-state index contributed by atoms with van der Waals surface area (Å²) in [6, 6.07) is 8.52. The van der Waals surface area contributed by atoms with Crippen LogP contribution in [0.4, 0.5) is 0 Å². The van der Waals surface area contributed by atoms with Crippen molar-refractivity contribution in [2.45, 2.75) is 57.5 Å². The molecular formula is C19H28O2. The lowest BCUT2D eigenvalue weighted by Gasteiger charge is -2.09. The van der Waals surface area contributed by atoms with Crippen molar-refractivity contribution < 1.29 is 9.47 Å². The van der Waals surface area contributed by atoms with Crippen molar-refractivity contribution in [1.82, 2.24) is 0 Å². The topological polar surface area (TPSA) is 21.8 Å². The van der Waals surface area contributed by atoms with E-state index in [1.54, 1.807) is 0 Å². The fraction of sp³-hybridized carbons (Fsp3) is 0.579. The number of hydrogen-bond acceptors (Lipinski definition) is 2. The molecule has 0 bridgehead atoms. The molecule has 1 aromatic carbocycles. The van der Waals surface area contributed by atoms with Gasteiger partial charge in [0.1, 0.15) is 18.0 Å². The van der Waals surface area contributed by atoms with E-state index in [9.17, 15) is 0 Å². The van der Waals surface area contributed by atoms with E-state index in [2.05, 4.69) is 37.8 Å². The van der Waals surface area contributed by atoms with Crippen LogP contribution in [0.2, 0.25) is 0 Å². The fourth-order valence-electron chi connectivity index (χ4n) is 2.34. The first-order valence-electron chi connectivity index (χ1n) is 8.18. The third-order valence-corrected chi connectivity index (χ3v) is 3.98. The lowest BCUT2D eigenvalue weighted by atomic mass is 10.0. The molecule has 0 N–H and O–H groups in total. The van der Waals surface area contributed by atoms with E-state index in [0.29, 0.717) is 6.61 Å². The molecular weight excluding hydrogens is 260 g/mol. The summed E-state index contributed by atoms with van der Waals surface area (Å²) in [6.07, 6.45) is 10.9. The Labute approximate surface area is 129 Å². The molecule has 0 aromatic heterocycles. The van der Waals surface area contributed by atoms with Crippen LogP contribution >= 0.6 is 0 Å². The molecule has 1 saturated heterocycles. The van der Waals surface area contributed by atoms with Gasteiger partial charge in [-0.3, -0.25) is 0 Å². The Hall–Kier alpha value is -1.28. The Bertz CT molecular complexity index is 418. The molecule has 1 aliphatic heterocycles. The van der Waals surface area contributed by atoms with Gasteiger partial charge in [-0.05, 0) is 50.3 Å². The molecule has 1 aliphatic rings. The van der Waals surface area contributed by atoms with Gasteiger partial charge >= 0.3 is 0 Å². The summed E-state index contributed by atoms with van der Waals surface area (Å²) in [5, 5.41) is 0. The van der Waals surface area contributed by atoms with Gasteiger partial charge in [-0.2, -0.15) is 0 Å². The first-order chi connectivity index (χ1) is 10.2. The first kappa shape index (κ1) is 16.1. The van der Waals surface area contributed by atoms with E-state index in [1.165, 1.54) is 44.1 Å². The number of benzene rings is 1. The summed E-state index contributed by atoms with van der Waals surface area (Å²) in [7, 11) is 0. The monoisotopic (exact) mass is 288 g/mol. The smallest absolute Gasteiger partial charge is 0.123 e. The van der Waals surface area contributed by atoms with Crippen LogP contribution < -0.4 is 4.74 Å². The Kier molecular flexibility index (Phi) is 6.31. The molecule has 2 rings (SSSR count). The molecule has 1 fully saturated rings. The molecule has 21 heavy (non-hydrogen) atoms. The third-order valence-electron chi connectivity index (χ3n) is 3.98. The van der Waals surface area contributed by atoms with Crippen LogP contribution in [0.1, 0.15) is 51.0 Å². The number of hydrogen-bond donors (Lipinski definition) is 0. The number of aryl methyl sites for hydroxylation is 1. The second-order valence-corrected chi connectivity index (χ2v) is 6.27. The summed E-state index contributed by atoms with van der Waals surface area (Å²) >= 11 is 0. The summed E-state index contributed by atoms with van der Waals surface area (Å²) in [5.41, 5.74) is 1.37. The van der Waals surface area contributed by atoms with Crippen molar-refractivity contribution in [2.75, 3.05) is 13.2 Å². The van der Waals surface area contributed by atoms with E-state index in [0.717, 1.165) is 18.8 Å². The van der Waals surface area contributed by atoms with Crippen molar-refractivity contribution in [3.05, 3.63) is 42.5 Å². The van der Waals surface area contributed by atoms with Crippen LogP contribution in [0.3, 0.4) is 0 Å². The van der Waals surface area contributed by atoms with E-state index in [4.69, 9.17) is 9.47 Å². The summed E-state index contributed by atoms with van der Waals surface area (Å²) in [6.45, 7) is 7.30. The number of unbranched alkanes of at least 4 members (excludes halogenated alkanes) is 5. The zero-order chi connectivity index (χ0) is 15.0. The van der Waals surface area contributed by atoms with Gasteiger partial charge in [-0.15, -0.1) is 6.58 Å². The molecule has 1 unspecified atom stereocenters. The average molecular weight is 288 g/mol. The molecule has 1 aromatic rings. The minimum absolute atomic E-state index is 0.0374. The quantitative estimate of drug-likeness (QED) is 0.327. The summed E-state index contributed by atoms with van der Waals surface area (Å²) < 4.78 is 11.0. The van der Waals surface area contributed by atoms with Crippen LogP contribution in [0.25, 0.3) is 0 Å². The molecule has 2 nitrogen and oxygen atoms in total. The normalized spacial score (nSPS) is 20.2. The predicted molar refractivity (Wildman–Crippen MR) is 87.9 cm³/mol. The van der Waals surface area contributed by atoms with Gasteiger partial charge in [-0.1, -0.05) is 37.5 Å². The maximum atomic E-state index is 5.74. The SMILES string of the molecule is C=CCCCCCCCc1ccc(OCC2(C)CO2)cc1. The number of epoxide rings is 1. The Morgan fingerprint density at radius 3 is 2.48 bits per heavy atom. The highest BCUT2D eigenvalue weighted by Gasteiger charge is 2.40. The Morgan fingerprint density at radius 1 is 1.14 bits per heavy atom. The van der Waals surface area contributed by atoms with Gasteiger partial charge in [0, 0.05) is 0 Å². The summed E-state index contributed by atoms with van der Waals surface area (Å²) in [5.74, 6) is 0.944. The van der Waals surface area contributed by atoms with Gasteiger partial charge in [0.15, 0.2) is 0 Å². The average Bonchev–Trinajstić information content (AvgIpc) is 3.24. The number of rotatable bonds is 11. The van der Waals surface area contributed by atoms with Gasteiger partial charge < -0.3 is 9.47 Å². The molecule has 0 radical (unpaired) electrons. The molecule has 1 atom stereocenters. The summed E-state index contributed by atoms with van der Waals surface area (Å²) in [4.78, 5) is 0. The lowest BCUT2D eigenvalue weighted by Crippen LogP contribution is -2.16. The van der Waals surface area contributed by atoms with E-state index >= 15 is 0 Å². The van der Waals surface area contributed by atoms with Crippen LogP contribution in [-0.2, 0) is 11.2 Å². The zero-order valence-corrected chi connectivity index (χ0v) is 13.3. The molecule has 0 amide bonds. The Balaban J connectivity index is 1.57. The van der Waals surface area contributed by atoms with Crippen LogP contribution in [-0.4, -0.2) is 18.8 Å². The van der Waals surface area contributed by atoms with Crippen molar-refractivity contribution in [3.63, 3.8) is 0 Å². The molecule has 1 heterocycles. The van der Waals surface area contributed by atoms with Crippen molar-refractivity contribution in [2.24, 2.45) is 0 Å². The molecule has 2 heteroatoms. The van der Waals surface area contributed by atoms with Gasteiger partial charge in [0.25, 0.3) is 0 Å². The largest absolute Gasteiger partial charge is 0.491 e. The van der Waals surface area contributed by atoms with E-state index < -0.39 is 0 Å². The minimum atomic E-state index is -0.0374. The predicted octanol–water partition coefficient (Wildman–Crippen LogP) is 4.92. The zero-order valence-electron chi connectivity index (χ0n) is 13.3. The van der Waals surface area contributed by atoms with Gasteiger partial charge in [-0.25, -0.2) is 0 Å². The highest BCUT2D eigenvalue weighted by molar-refractivity contribution is 5.27. The molecule has 0 aliphatic carbocycles. The van der Waals surface area contributed by atoms with Crippen LogP contribution in [0, 0.1) is 0 Å².